The zero-order valence-corrected chi connectivity index (χ0v) is 11.8. The lowest BCUT2D eigenvalue weighted by molar-refractivity contribution is -0.384. The van der Waals surface area contributed by atoms with Crippen LogP contribution in [0.15, 0.2) is 54.6 Å². The second-order valence-corrected chi connectivity index (χ2v) is 4.86. The molecule has 20 heavy (non-hydrogen) atoms. The Hall–Kier alpha value is -2.21. The number of esters is 1. The molecule has 0 aromatic heterocycles. The summed E-state index contributed by atoms with van der Waals surface area (Å²) in [6.45, 7) is 0. The Balaban J connectivity index is 2.06. The van der Waals surface area contributed by atoms with Crippen molar-refractivity contribution in [3.63, 3.8) is 0 Å². The fourth-order valence-electron chi connectivity index (χ4n) is 1.56. The molecule has 0 N–H and O–H groups in total. The summed E-state index contributed by atoms with van der Waals surface area (Å²) in [6.07, 6.45) is 0. The summed E-state index contributed by atoms with van der Waals surface area (Å²) in [5.41, 5.74) is 0.725. The number of nitrogens with zero attached hydrogens (tertiary/aromatic N) is 1. The Morgan fingerprint density at radius 1 is 1.10 bits per heavy atom. The number of hydrogen-bond donors (Lipinski definition) is 0. The molecule has 0 saturated heterocycles. The van der Waals surface area contributed by atoms with E-state index in [1.54, 1.807) is 12.1 Å². The van der Waals surface area contributed by atoms with Crippen molar-refractivity contribution in [1.29, 1.82) is 0 Å². The molecule has 0 radical (unpaired) electrons. The van der Waals surface area contributed by atoms with Crippen molar-refractivity contribution >= 4 is 27.6 Å². The molecule has 0 bridgehead atoms. The number of carbonyl (C=O) groups is 1. The van der Waals surface area contributed by atoms with Crippen LogP contribution in [0.2, 0.25) is 0 Å². The first-order valence-corrected chi connectivity index (χ1v) is 6.64. The zero-order valence-electron chi connectivity index (χ0n) is 10.2. The van der Waals surface area contributed by atoms with Gasteiger partial charge in [0, 0.05) is 12.1 Å². The fraction of sp³-hybridized carbons (Fsp3) is 0.0714. The average Bonchev–Trinajstić information content (AvgIpc) is 2.48. The average molecular weight is 336 g/mol. The van der Waals surface area contributed by atoms with Gasteiger partial charge in [-0.3, -0.25) is 14.9 Å². The van der Waals surface area contributed by atoms with Gasteiger partial charge >= 0.3 is 5.97 Å². The van der Waals surface area contributed by atoms with Crippen LogP contribution in [-0.4, -0.2) is 10.9 Å². The number of nitro groups is 1. The standard InChI is InChI=1S/C14H10BrNO4/c15-13(10-4-2-1-3-5-10)14(17)20-12-8-6-11(7-9-12)16(18)19/h1-9,13H. The quantitative estimate of drug-likeness (QED) is 0.281. The van der Waals surface area contributed by atoms with E-state index in [-0.39, 0.29) is 11.4 Å². The Labute approximate surface area is 123 Å². The van der Waals surface area contributed by atoms with Crippen LogP contribution in [-0.2, 0) is 4.79 Å². The predicted molar refractivity (Wildman–Crippen MR) is 76.8 cm³/mol. The van der Waals surface area contributed by atoms with Gasteiger partial charge in [-0.2, -0.15) is 0 Å². The fourth-order valence-corrected chi connectivity index (χ4v) is 1.96. The topological polar surface area (TPSA) is 69.4 Å². The van der Waals surface area contributed by atoms with E-state index in [1.165, 1.54) is 24.3 Å². The van der Waals surface area contributed by atoms with Crippen LogP contribution >= 0.6 is 15.9 Å². The number of nitro benzene ring substituents is 1. The molecular formula is C14H10BrNO4. The second kappa shape index (κ2) is 6.29. The van der Waals surface area contributed by atoms with Crippen LogP contribution in [0.5, 0.6) is 5.75 Å². The van der Waals surface area contributed by atoms with E-state index in [9.17, 15) is 14.9 Å². The van der Waals surface area contributed by atoms with E-state index in [1.807, 2.05) is 18.2 Å². The number of non-ortho nitro benzene ring substituents is 1. The number of halogens is 1. The largest absolute Gasteiger partial charge is 0.425 e. The third-order valence-electron chi connectivity index (χ3n) is 2.57. The molecule has 2 rings (SSSR count). The molecule has 6 heteroatoms. The minimum Gasteiger partial charge on any atom is -0.425 e. The minimum absolute atomic E-state index is 0.0525. The predicted octanol–water partition coefficient (Wildman–Crippen LogP) is 3.64. The molecule has 2 aromatic carbocycles. The molecule has 2 aromatic rings. The van der Waals surface area contributed by atoms with Gasteiger partial charge in [0.1, 0.15) is 10.6 Å². The Morgan fingerprint density at radius 3 is 2.25 bits per heavy atom. The first kappa shape index (κ1) is 14.2. The van der Waals surface area contributed by atoms with Crippen molar-refractivity contribution in [2.45, 2.75) is 4.83 Å². The highest BCUT2D eigenvalue weighted by molar-refractivity contribution is 9.09. The van der Waals surface area contributed by atoms with Crippen LogP contribution < -0.4 is 4.74 Å². The summed E-state index contributed by atoms with van der Waals surface area (Å²) >= 11 is 3.26. The van der Waals surface area contributed by atoms with Crippen molar-refractivity contribution in [1.82, 2.24) is 0 Å². The Morgan fingerprint density at radius 2 is 1.70 bits per heavy atom. The molecule has 1 atom stereocenters. The lowest BCUT2D eigenvalue weighted by Crippen LogP contribution is -2.14. The summed E-state index contributed by atoms with van der Waals surface area (Å²) in [5.74, 6) is -0.217. The molecule has 0 fully saturated rings. The van der Waals surface area contributed by atoms with E-state index in [2.05, 4.69) is 15.9 Å². The van der Waals surface area contributed by atoms with Gasteiger partial charge in [0.25, 0.3) is 5.69 Å². The Kier molecular flexibility index (Phi) is 4.47. The minimum atomic E-state index is -0.584. The summed E-state index contributed by atoms with van der Waals surface area (Å²) in [4.78, 5) is 21.4. The van der Waals surface area contributed by atoms with E-state index >= 15 is 0 Å². The summed E-state index contributed by atoms with van der Waals surface area (Å²) in [6, 6.07) is 14.5. The normalized spacial score (nSPS) is 11.7. The van der Waals surface area contributed by atoms with E-state index in [0.29, 0.717) is 0 Å². The second-order valence-electron chi connectivity index (χ2n) is 3.95. The van der Waals surface area contributed by atoms with Crippen molar-refractivity contribution in [2.75, 3.05) is 0 Å². The van der Waals surface area contributed by atoms with Crippen LogP contribution in [0.3, 0.4) is 0 Å². The SMILES string of the molecule is O=C(Oc1ccc([N+](=O)[O-])cc1)C(Br)c1ccccc1. The highest BCUT2D eigenvalue weighted by atomic mass is 79.9. The lowest BCUT2D eigenvalue weighted by Gasteiger charge is -2.09. The molecule has 0 amide bonds. The van der Waals surface area contributed by atoms with Gasteiger partial charge in [0.05, 0.1) is 4.92 Å². The molecule has 0 aliphatic heterocycles. The lowest BCUT2D eigenvalue weighted by atomic mass is 10.1. The first-order chi connectivity index (χ1) is 9.58. The summed E-state index contributed by atoms with van der Waals surface area (Å²) in [7, 11) is 0. The van der Waals surface area contributed by atoms with Crippen LogP contribution in [0, 0.1) is 10.1 Å². The molecular weight excluding hydrogens is 326 g/mol. The van der Waals surface area contributed by atoms with Crippen molar-refractivity contribution < 1.29 is 14.5 Å². The van der Waals surface area contributed by atoms with Crippen molar-refractivity contribution in [3.05, 3.63) is 70.3 Å². The van der Waals surface area contributed by atoms with E-state index in [4.69, 9.17) is 4.74 Å². The van der Waals surface area contributed by atoms with E-state index < -0.39 is 15.7 Å². The zero-order chi connectivity index (χ0) is 14.5. The number of ether oxygens (including phenoxy) is 1. The number of carbonyl (C=O) groups excluding carboxylic acids is 1. The maximum Gasteiger partial charge on any atom is 0.329 e. The number of hydrogen-bond acceptors (Lipinski definition) is 4. The number of benzene rings is 2. The third kappa shape index (κ3) is 3.42. The molecule has 0 saturated carbocycles. The molecule has 0 spiro atoms. The first-order valence-electron chi connectivity index (χ1n) is 5.73. The highest BCUT2D eigenvalue weighted by Crippen LogP contribution is 2.26. The van der Waals surface area contributed by atoms with Crippen molar-refractivity contribution in [3.8, 4) is 5.75 Å². The molecule has 5 nitrogen and oxygen atoms in total. The highest BCUT2D eigenvalue weighted by Gasteiger charge is 2.19. The number of alkyl halides is 1. The molecule has 1 unspecified atom stereocenters. The van der Waals surface area contributed by atoms with Gasteiger partial charge in [-0.1, -0.05) is 46.3 Å². The van der Waals surface area contributed by atoms with Crippen LogP contribution in [0.1, 0.15) is 10.4 Å². The summed E-state index contributed by atoms with van der Waals surface area (Å²) in [5, 5.41) is 10.5. The van der Waals surface area contributed by atoms with Gasteiger partial charge in [-0.25, -0.2) is 0 Å². The molecule has 102 valence electrons. The molecule has 0 heterocycles. The third-order valence-corrected chi connectivity index (χ3v) is 3.47. The maximum atomic E-state index is 11.9. The van der Waals surface area contributed by atoms with Crippen LogP contribution in [0.25, 0.3) is 0 Å². The number of rotatable bonds is 4. The van der Waals surface area contributed by atoms with E-state index in [0.717, 1.165) is 5.56 Å². The van der Waals surface area contributed by atoms with Crippen molar-refractivity contribution in [2.24, 2.45) is 0 Å². The van der Waals surface area contributed by atoms with Gasteiger partial charge in [-0.15, -0.1) is 0 Å². The summed E-state index contributed by atoms with van der Waals surface area (Å²) < 4.78 is 5.16. The Bertz CT molecular complexity index is 613. The molecule has 0 aliphatic rings. The van der Waals surface area contributed by atoms with Gasteiger partial charge < -0.3 is 4.74 Å². The van der Waals surface area contributed by atoms with Gasteiger partial charge in [-0.05, 0) is 17.7 Å². The van der Waals surface area contributed by atoms with Crippen LogP contribution in [0.4, 0.5) is 5.69 Å². The maximum absolute atomic E-state index is 11.9. The van der Waals surface area contributed by atoms with Gasteiger partial charge in [0.15, 0.2) is 0 Å². The monoisotopic (exact) mass is 335 g/mol. The molecule has 0 aliphatic carbocycles. The van der Waals surface area contributed by atoms with Gasteiger partial charge in [0.2, 0.25) is 0 Å². The smallest absolute Gasteiger partial charge is 0.329 e.